The molecule has 1 amide bonds. The van der Waals surface area contributed by atoms with Gasteiger partial charge in [-0.3, -0.25) is 4.79 Å². The number of halogens is 1. The van der Waals surface area contributed by atoms with Gasteiger partial charge in [0.1, 0.15) is 0 Å². The van der Waals surface area contributed by atoms with Crippen LogP contribution in [-0.2, 0) is 18.3 Å². The van der Waals surface area contributed by atoms with Crippen LogP contribution in [0.1, 0.15) is 11.1 Å². The van der Waals surface area contributed by atoms with Gasteiger partial charge in [-0.2, -0.15) is 0 Å². The summed E-state index contributed by atoms with van der Waals surface area (Å²) in [5, 5.41) is 12.9. The number of carbonyl (C=O) groups is 1. The summed E-state index contributed by atoms with van der Waals surface area (Å²) >= 11 is 7.31. The van der Waals surface area contributed by atoms with Gasteiger partial charge in [-0.1, -0.05) is 71.9 Å². The monoisotopic (exact) mass is 448 g/mol. The molecular weight excluding hydrogens is 428 g/mol. The number of amides is 1. The highest BCUT2D eigenvalue weighted by molar-refractivity contribution is 7.99. The second-order valence-corrected chi connectivity index (χ2v) is 8.41. The van der Waals surface area contributed by atoms with Crippen LogP contribution in [0.2, 0.25) is 5.02 Å². The fourth-order valence-electron chi connectivity index (χ4n) is 3.22. The van der Waals surface area contributed by atoms with Crippen LogP contribution in [0, 0.1) is 0 Å². The van der Waals surface area contributed by atoms with Crippen LogP contribution in [0.3, 0.4) is 0 Å². The summed E-state index contributed by atoms with van der Waals surface area (Å²) in [4.78, 5) is 12.6. The van der Waals surface area contributed by atoms with E-state index < -0.39 is 0 Å². The van der Waals surface area contributed by atoms with Crippen LogP contribution in [-0.4, -0.2) is 26.4 Å². The normalized spacial score (nSPS) is 10.8. The Bertz CT molecular complexity index is 1180. The van der Waals surface area contributed by atoms with Gasteiger partial charge in [-0.05, 0) is 47.9 Å². The van der Waals surface area contributed by atoms with Gasteiger partial charge in [0, 0.05) is 23.3 Å². The molecule has 156 valence electrons. The number of anilines is 1. The number of hydrogen-bond acceptors (Lipinski definition) is 4. The van der Waals surface area contributed by atoms with Gasteiger partial charge < -0.3 is 9.88 Å². The van der Waals surface area contributed by atoms with Crippen molar-refractivity contribution in [1.29, 1.82) is 0 Å². The molecule has 3 aromatic carbocycles. The number of aromatic nitrogens is 3. The maximum atomic E-state index is 12.6. The maximum Gasteiger partial charge on any atom is 0.234 e. The Morgan fingerprint density at radius 3 is 2.45 bits per heavy atom. The summed E-state index contributed by atoms with van der Waals surface area (Å²) in [6.07, 6.45) is 0.762. The minimum absolute atomic E-state index is 0.0819. The lowest BCUT2D eigenvalue weighted by molar-refractivity contribution is -0.113. The van der Waals surface area contributed by atoms with Gasteiger partial charge in [-0.15, -0.1) is 10.2 Å². The molecule has 5 nitrogen and oxygen atoms in total. The molecule has 1 aromatic heterocycles. The second-order valence-electron chi connectivity index (χ2n) is 7.03. The number of carbonyl (C=O) groups excluding carboxylic acids is 1. The van der Waals surface area contributed by atoms with Crippen molar-refractivity contribution in [3.8, 4) is 11.4 Å². The van der Waals surface area contributed by atoms with Crippen LogP contribution in [0.15, 0.2) is 84.0 Å². The van der Waals surface area contributed by atoms with Gasteiger partial charge in [0.15, 0.2) is 11.0 Å². The summed E-state index contributed by atoms with van der Waals surface area (Å²) < 4.78 is 1.88. The summed E-state index contributed by atoms with van der Waals surface area (Å²) in [6.45, 7) is 0. The van der Waals surface area contributed by atoms with Crippen molar-refractivity contribution in [1.82, 2.24) is 14.8 Å². The molecule has 0 aliphatic carbocycles. The van der Waals surface area contributed by atoms with Crippen molar-refractivity contribution >= 4 is 35.0 Å². The molecule has 0 aliphatic heterocycles. The first kappa shape index (κ1) is 21.2. The number of nitrogens with zero attached hydrogens (tertiary/aromatic N) is 3. The predicted molar refractivity (Wildman–Crippen MR) is 126 cm³/mol. The molecule has 1 heterocycles. The summed E-state index contributed by atoms with van der Waals surface area (Å²) in [6, 6.07) is 25.5. The number of nitrogens with one attached hydrogen (secondary N) is 1. The fraction of sp³-hybridized carbons (Fsp3) is 0.125. The van der Waals surface area contributed by atoms with E-state index >= 15 is 0 Å². The smallest absolute Gasteiger partial charge is 0.234 e. The van der Waals surface area contributed by atoms with E-state index in [0.717, 1.165) is 29.1 Å². The highest BCUT2D eigenvalue weighted by Gasteiger charge is 2.14. The average Bonchev–Trinajstić information content (AvgIpc) is 3.15. The number of hydrogen-bond donors (Lipinski definition) is 1. The van der Waals surface area contributed by atoms with E-state index in [1.807, 2.05) is 78.3 Å². The second kappa shape index (κ2) is 9.81. The quantitative estimate of drug-likeness (QED) is 0.381. The summed E-state index contributed by atoms with van der Waals surface area (Å²) in [5.74, 6) is 0.890. The molecule has 4 aromatic rings. The average molecular weight is 449 g/mol. The first-order chi connectivity index (χ1) is 15.1. The predicted octanol–water partition coefficient (Wildman–Crippen LogP) is 5.46. The Balaban J connectivity index is 1.40. The van der Waals surface area contributed by atoms with Crippen molar-refractivity contribution in [3.05, 3.63) is 95.0 Å². The lowest BCUT2D eigenvalue weighted by atomic mass is 10.0. The Morgan fingerprint density at radius 1 is 0.968 bits per heavy atom. The minimum atomic E-state index is -0.0819. The Labute approximate surface area is 190 Å². The highest BCUT2D eigenvalue weighted by atomic mass is 35.5. The zero-order chi connectivity index (χ0) is 21.6. The lowest BCUT2D eigenvalue weighted by Crippen LogP contribution is -2.15. The summed E-state index contributed by atoms with van der Waals surface area (Å²) in [5.41, 5.74) is 4.03. The Morgan fingerprint density at radius 2 is 1.68 bits per heavy atom. The van der Waals surface area contributed by atoms with Crippen LogP contribution in [0.25, 0.3) is 11.4 Å². The molecule has 4 rings (SSSR count). The summed E-state index contributed by atoms with van der Waals surface area (Å²) in [7, 11) is 1.89. The van der Waals surface area contributed by atoms with E-state index in [-0.39, 0.29) is 11.7 Å². The van der Waals surface area contributed by atoms with E-state index in [1.165, 1.54) is 17.3 Å². The van der Waals surface area contributed by atoms with E-state index in [2.05, 4.69) is 27.6 Å². The highest BCUT2D eigenvalue weighted by Crippen LogP contribution is 2.24. The van der Waals surface area contributed by atoms with Gasteiger partial charge in [0.25, 0.3) is 0 Å². The molecule has 0 atom stereocenters. The molecule has 0 fully saturated rings. The lowest BCUT2D eigenvalue weighted by Gasteiger charge is -2.11. The van der Waals surface area contributed by atoms with Crippen molar-refractivity contribution in [2.75, 3.05) is 11.1 Å². The molecule has 0 bridgehead atoms. The van der Waals surface area contributed by atoms with Crippen molar-refractivity contribution in [2.45, 2.75) is 11.6 Å². The largest absolute Gasteiger partial charge is 0.325 e. The van der Waals surface area contributed by atoms with Crippen LogP contribution >= 0.6 is 23.4 Å². The zero-order valence-corrected chi connectivity index (χ0v) is 18.5. The molecular formula is C24H21ClN4OS. The molecule has 0 aliphatic rings. The number of para-hydroxylation sites is 1. The molecule has 0 unspecified atom stereocenters. The Hall–Kier alpha value is -3.09. The van der Waals surface area contributed by atoms with Gasteiger partial charge in [0.2, 0.25) is 5.91 Å². The van der Waals surface area contributed by atoms with Crippen LogP contribution in [0.4, 0.5) is 5.69 Å². The van der Waals surface area contributed by atoms with Gasteiger partial charge in [0.05, 0.1) is 5.75 Å². The number of benzene rings is 3. The third-order valence-corrected chi connectivity index (χ3v) is 6.07. The fourth-order valence-corrected chi connectivity index (χ4v) is 4.06. The van der Waals surface area contributed by atoms with Crippen LogP contribution in [0.5, 0.6) is 0 Å². The first-order valence-corrected chi connectivity index (χ1v) is 11.2. The first-order valence-electron chi connectivity index (χ1n) is 9.80. The molecule has 31 heavy (non-hydrogen) atoms. The van der Waals surface area contributed by atoms with E-state index in [9.17, 15) is 4.79 Å². The standard InChI is InChI=1S/C24H21ClN4OS/c1-29-23(18-11-13-20(25)14-12-18)27-28-24(29)31-16-22(30)26-21-10-6-5-9-19(21)15-17-7-3-2-4-8-17/h2-14H,15-16H2,1H3,(H,26,30). The SMILES string of the molecule is Cn1c(SCC(=O)Nc2ccccc2Cc2ccccc2)nnc1-c1ccc(Cl)cc1. The van der Waals surface area contributed by atoms with E-state index in [0.29, 0.717) is 10.2 Å². The maximum absolute atomic E-state index is 12.6. The topological polar surface area (TPSA) is 59.8 Å². The van der Waals surface area contributed by atoms with E-state index in [4.69, 9.17) is 11.6 Å². The molecule has 0 spiro atoms. The third-order valence-electron chi connectivity index (χ3n) is 4.80. The van der Waals surface area contributed by atoms with Crippen molar-refractivity contribution in [2.24, 2.45) is 7.05 Å². The minimum Gasteiger partial charge on any atom is -0.325 e. The third kappa shape index (κ3) is 5.34. The zero-order valence-electron chi connectivity index (χ0n) is 17.0. The molecule has 1 N–H and O–H groups in total. The Kier molecular flexibility index (Phi) is 6.70. The van der Waals surface area contributed by atoms with Gasteiger partial charge in [-0.25, -0.2) is 0 Å². The van der Waals surface area contributed by atoms with Crippen molar-refractivity contribution < 1.29 is 4.79 Å². The van der Waals surface area contributed by atoms with Crippen LogP contribution < -0.4 is 5.32 Å². The molecule has 0 saturated heterocycles. The number of thioether (sulfide) groups is 1. The van der Waals surface area contributed by atoms with Gasteiger partial charge >= 0.3 is 0 Å². The number of rotatable bonds is 7. The van der Waals surface area contributed by atoms with Crippen molar-refractivity contribution in [3.63, 3.8) is 0 Å². The molecule has 7 heteroatoms. The molecule has 0 radical (unpaired) electrons. The molecule has 0 saturated carbocycles. The van der Waals surface area contributed by atoms with E-state index in [1.54, 1.807) is 0 Å².